The van der Waals surface area contributed by atoms with E-state index in [1.165, 1.54) is 6.07 Å². The van der Waals surface area contributed by atoms with Crippen LogP contribution < -0.4 is 5.56 Å². The fourth-order valence-corrected chi connectivity index (χ4v) is 4.43. The van der Waals surface area contributed by atoms with Gasteiger partial charge in [-0.25, -0.2) is 9.78 Å². The Labute approximate surface area is 179 Å². The largest absolute Gasteiger partial charge is 0.456 e. The molecule has 1 aliphatic carbocycles. The van der Waals surface area contributed by atoms with Gasteiger partial charge in [-0.1, -0.05) is 30.7 Å². The molecule has 0 aliphatic heterocycles. The Bertz CT molecular complexity index is 1370. The van der Waals surface area contributed by atoms with Crippen molar-refractivity contribution in [3.63, 3.8) is 0 Å². The van der Waals surface area contributed by atoms with Crippen LogP contribution in [0.25, 0.3) is 16.6 Å². The lowest BCUT2D eigenvalue weighted by molar-refractivity contribution is 0.0468. The molecule has 3 aromatic heterocycles. The number of hydrogen-bond acceptors (Lipinski definition) is 5. The van der Waals surface area contributed by atoms with E-state index in [2.05, 4.69) is 4.98 Å². The highest BCUT2D eigenvalue weighted by atomic mass is 16.5. The number of hydrogen-bond donors (Lipinski definition) is 0. The van der Waals surface area contributed by atoms with E-state index in [1.54, 1.807) is 10.5 Å². The summed E-state index contributed by atoms with van der Waals surface area (Å²) in [4.78, 5) is 35.1. The zero-order valence-corrected chi connectivity index (χ0v) is 17.4. The van der Waals surface area contributed by atoms with Crippen LogP contribution in [0.4, 0.5) is 0 Å². The predicted octanol–water partition coefficient (Wildman–Crippen LogP) is 4.18. The van der Waals surface area contributed by atoms with Gasteiger partial charge in [0.2, 0.25) is 0 Å². The van der Waals surface area contributed by atoms with Crippen LogP contribution in [0.2, 0.25) is 0 Å². The van der Waals surface area contributed by atoms with E-state index in [1.807, 2.05) is 43.3 Å². The van der Waals surface area contributed by atoms with E-state index in [0.29, 0.717) is 16.9 Å². The molecule has 0 amide bonds. The van der Waals surface area contributed by atoms with Gasteiger partial charge in [0.25, 0.3) is 5.56 Å². The normalized spacial score (nSPS) is 13.7. The van der Waals surface area contributed by atoms with Gasteiger partial charge in [0.15, 0.2) is 0 Å². The Morgan fingerprint density at radius 2 is 1.87 bits per heavy atom. The Balaban J connectivity index is 1.51. The molecule has 0 saturated heterocycles. The maximum atomic E-state index is 13.3. The number of benzene rings is 1. The number of aromatic nitrogens is 3. The highest BCUT2D eigenvalue weighted by Crippen LogP contribution is 2.29. The van der Waals surface area contributed by atoms with Crippen molar-refractivity contribution in [2.45, 2.75) is 45.6 Å². The lowest BCUT2D eigenvalue weighted by Crippen LogP contribution is -2.19. The van der Waals surface area contributed by atoms with E-state index in [-0.39, 0.29) is 18.1 Å². The summed E-state index contributed by atoms with van der Waals surface area (Å²) in [5.41, 5.74) is 5.03. The first kappa shape index (κ1) is 19.4. The van der Waals surface area contributed by atoms with Gasteiger partial charge < -0.3 is 4.74 Å². The van der Waals surface area contributed by atoms with Crippen LogP contribution in [0.1, 0.15) is 52.3 Å². The molecule has 0 fully saturated rings. The number of fused-ring (bicyclic) bond motifs is 3. The quantitative estimate of drug-likeness (QED) is 0.372. The van der Waals surface area contributed by atoms with Crippen molar-refractivity contribution in [1.29, 1.82) is 0 Å². The number of carbonyl (C=O) groups is 1. The number of rotatable bonds is 3. The summed E-state index contributed by atoms with van der Waals surface area (Å²) in [5.74, 6) is -0.386. The molecule has 3 heterocycles. The highest BCUT2D eigenvalue weighted by Gasteiger charge is 2.23. The topological polar surface area (TPSA) is 73.6 Å². The average molecular weight is 413 g/mol. The van der Waals surface area contributed by atoms with Crippen LogP contribution >= 0.6 is 0 Å². The van der Waals surface area contributed by atoms with Crippen molar-refractivity contribution < 1.29 is 9.53 Å². The van der Waals surface area contributed by atoms with Crippen molar-refractivity contribution in [3.8, 4) is 0 Å². The van der Waals surface area contributed by atoms with Gasteiger partial charge in [-0.05, 0) is 56.4 Å². The molecule has 1 aliphatic rings. The zero-order valence-electron chi connectivity index (χ0n) is 17.4. The molecule has 31 heavy (non-hydrogen) atoms. The van der Waals surface area contributed by atoms with E-state index < -0.39 is 0 Å². The van der Waals surface area contributed by atoms with Crippen LogP contribution in [-0.2, 0) is 24.2 Å². The van der Waals surface area contributed by atoms with Crippen molar-refractivity contribution in [3.05, 3.63) is 87.1 Å². The SMILES string of the molecule is Cc1cccc2nc(COC(=O)c3c4c(nc5ccccc35)CCCCC4)cc(=O)n12. The van der Waals surface area contributed by atoms with Gasteiger partial charge >= 0.3 is 5.97 Å². The number of ether oxygens (including phenoxy) is 1. The first-order valence-corrected chi connectivity index (χ1v) is 10.7. The van der Waals surface area contributed by atoms with E-state index >= 15 is 0 Å². The summed E-state index contributed by atoms with van der Waals surface area (Å²) >= 11 is 0. The fraction of sp³-hybridized carbons (Fsp3) is 0.280. The molecule has 5 rings (SSSR count). The average Bonchev–Trinajstić information content (AvgIpc) is 3.01. The Morgan fingerprint density at radius 3 is 2.77 bits per heavy atom. The Morgan fingerprint density at radius 1 is 1.03 bits per heavy atom. The number of carbonyl (C=O) groups excluding carboxylic acids is 1. The second kappa shape index (κ2) is 7.95. The molecule has 0 unspecified atom stereocenters. The number of esters is 1. The van der Waals surface area contributed by atoms with Gasteiger partial charge in [-0.15, -0.1) is 0 Å². The molecule has 0 atom stereocenters. The van der Waals surface area contributed by atoms with E-state index in [9.17, 15) is 9.59 Å². The first-order chi connectivity index (χ1) is 15.1. The number of pyridine rings is 2. The van der Waals surface area contributed by atoms with Gasteiger partial charge in [0.1, 0.15) is 12.3 Å². The third kappa shape index (κ3) is 3.58. The third-order valence-electron chi connectivity index (χ3n) is 5.91. The number of para-hydroxylation sites is 1. The molecule has 4 aromatic rings. The summed E-state index contributed by atoms with van der Waals surface area (Å²) in [7, 11) is 0. The van der Waals surface area contributed by atoms with Crippen molar-refractivity contribution in [2.75, 3.05) is 0 Å². The maximum Gasteiger partial charge on any atom is 0.339 e. The van der Waals surface area contributed by atoms with Gasteiger partial charge in [-0.2, -0.15) is 0 Å². The number of aryl methyl sites for hydroxylation is 2. The predicted molar refractivity (Wildman–Crippen MR) is 118 cm³/mol. The number of nitrogens with zero attached hydrogens (tertiary/aromatic N) is 3. The zero-order chi connectivity index (χ0) is 21.4. The second-order valence-corrected chi connectivity index (χ2v) is 8.01. The van der Waals surface area contributed by atoms with Crippen molar-refractivity contribution >= 4 is 22.5 Å². The summed E-state index contributed by atoms with van der Waals surface area (Å²) in [6.45, 7) is 1.81. The summed E-state index contributed by atoms with van der Waals surface area (Å²) in [5, 5.41) is 0.815. The van der Waals surface area contributed by atoms with Crippen LogP contribution in [-0.4, -0.2) is 20.3 Å². The molecular formula is C25H23N3O3. The van der Waals surface area contributed by atoms with Crippen LogP contribution in [0, 0.1) is 6.92 Å². The van der Waals surface area contributed by atoms with Crippen LogP contribution in [0.3, 0.4) is 0 Å². The monoisotopic (exact) mass is 413 g/mol. The maximum absolute atomic E-state index is 13.3. The minimum absolute atomic E-state index is 0.0516. The fourth-order valence-electron chi connectivity index (χ4n) is 4.43. The van der Waals surface area contributed by atoms with Gasteiger partial charge in [-0.3, -0.25) is 14.2 Å². The van der Waals surface area contributed by atoms with E-state index in [0.717, 1.165) is 60.0 Å². The first-order valence-electron chi connectivity index (χ1n) is 10.7. The standard InChI is InChI=1S/C25H23N3O3/c1-16-8-7-13-22-26-17(14-23(29)28(16)22)15-31-25(30)24-18-9-3-2-4-11-20(18)27-21-12-6-5-10-19(21)24/h5-8,10,12-14H,2-4,9,11,15H2,1H3. The van der Waals surface area contributed by atoms with Crippen LogP contribution in [0.5, 0.6) is 0 Å². The molecule has 1 aromatic carbocycles. The molecule has 0 saturated carbocycles. The molecule has 0 radical (unpaired) electrons. The molecular weight excluding hydrogens is 390 g/mol. The summed E-state index contributed by atoms with van der Waals surface area (Å²) in [6, 6.07) is 14.6. The summed E-state index contributed by atoms with van der Waals surface area (Å²) in [6.07, 6.45) is 4.95. The third-order valence-corrected chi connectivity index (χ3v) is 5.91. The van der Waals surface area contributed by atoms with E-state index in [4.69, 9.17) is 9.72 Å². The lowest BCUT2D eigenvalue weighted by Gasteiger charge is -2.15. The van der Waals surface area contributed by atoms with Gasteiger partial charge in [0, 0.05) is 22.8 Å². The summed E-state index contributed by atoms with van der Waals surface area (Å²) < 4.78 is 7.23. The molecule has 0 N–H and O–H groups in total. The molecule has 0 spiro atoms. The second-order valence-electron chi connectivity index (χ2n) is 8.01. The highest BCUT2D eigenvalue weighted by molar-refractivity contribution is 6.05. The molecule has 6 heteroatoms. The minimum Gasteiger partial charge on any atom is -0.456 e. The molecule has 0 bridgehead atoms. The minimum atomic E-state index is -0.386. The molecule has 6 nitrogen and oxygen atoms in total. The molecule has 156 valence electrons. The van der Waals surface area contributed by atoms with Gasteiger partial charge in [0.05, 0.1) is 16.8 Å². The van der Waals surface area contributed by atoms with Crippen LogP contribution in [0.15, 0.2) is 53.3 Å². The lowest BCUT2D eigenvalue weighted by atomic mass is 9.97. The van der Waals surface area contributed by atoms with Crippen molar-refractivity contribution in [1.82, 2.24) is 14.4 Å². The Hall–Kier alpha value is -3.54. The smallest absolute Gasteiger partial charge is 0.339 e. The van der Waals surface area contributed by atoms with Crippen molar-refractivity contribution in [2.24, 2.45) is 0 Å². The Kier molecular flexibility index (Phi) is 4.98.